The smallest absolute Gasteiger partial charge is 0.113 e. The van der Waals surface area contributed by atoms with E-state index in [0.29, 0.717) is 6.61 Å². The number of allylic oxidation sites excluding steroid dienone is 2. The number of unbranched alkanes of at least 4 members (excludes halogenated alkanes) is 5. The highest BCUT2D eigenvalue weighted by Crippen LogP contribution is 2.14. The molecular formula is C13H21O. The fraction of sp³-hybridized carbons (Fsp3) is 0.692. The molecule has 0 fully saturated rings. The second kappa shape index (κ2) is 7.66. The Balaban J connectivity index is 1.93. The van der Waals surface area contributed by atoms with Gasteiger partial charge in [-0.25, -0.2) is 0 Å². The van der Waals surface area contributed by atoms with Crippen LogP contribution in [0.3, 0.4) is 0 Å². The van der Waals surface area contributed by atoms with Crippen molar-refractivity contribution in [1.82, 2.24) is 0 Å². The van der Waals surface area contributed by atoms with Gasteiger partial charge in [0.25, 0.3) is 0 Å². The van der Waals surface area contributed by atoms with Crippen LogP contribution in [-0.4, -0.2) is 6.61 Å². The first-order valence-electron chi connectivity index (χ1n) is 5.80. The van der Waals surface area contributed by atoms with E-state index < -0.39 is 0 Å². The van der Waals surface area contributed by atoms with Crippen LogP contribution in [-0.2, 0) is 4.74 Å². The summed E-state index contributed by atoms with van der Waals surface area (Å²) in [7, 11) is 0. The predicted molar refractivity (Wildman–Crippen MR) is 59.8 cm³/mol. The minimum absolute atomic E-state index is 0.625. The van der Waals surface area contributed by atoms with E-state index in [0.717, 1.165) is 6.42 Å². The van der Waals surface area contributed by atoms with Gasteiger partial charge >= 0.3 is 0 Å². The highest BCUT2D eigenvalue weighted by atomic mass is 16.5. The van der Waals surface area contributed by atoms with Crippen molar-refractivity contribution < 1.29 is 4.74 Å². The fourth-order valence-corrected chi connectivity index (χ4v) is 1.64. The Hall–Kier alpha value is -0.720. The summed E-state index contributed by atoms with van der Waals surface area (Å²) in [6.45, 7) is 2.88. The van der Waals surface area contributed by atoms with Crippen LogP contribution in [0.1, 0.15) is 51.9 Å². The Labute approximate surface area is 87.8 Å². The zero-order valence-electron chi connectivity index (χ0n) is 9.22. The van der Waals surface area contributed by atoms with Gasteiger partial charge in [0.2, 0.25) is 0 Å². The topological polar surface area (TPSA) is 9.23 Å². The molecule has 0 atom stereocenters. The van der Waals surface area contributed by atoms with Crippen LogP contribution in [0.5, 0.6) is 0 Å². The maximum absolute atomic E-state index is 5.17. The molecule has 14 heavy (non-hydrogen) atoms. The third-order valence-corrected chi connectivity index (χ3v) is 2.51. The molecule has 0 aromatic rings. The predicted octanol–water partition coefficient (Wildman–Crippen LogP) is 4.01. The second-order valence-corrected chi connectivity index (χ2v) is 3.87. The number of rotatable bonds is 7. The van der Waals surface area contributed by atoms with E-state index in [1.54, 1.807) is 0 Å². The molecule has 1 heteroatoms. The summed E-state index contributed by atoms with van der Waals surface area (Å²) >= 11 is 0. The Bertz CT molecular complexity index is 191. The molecule has 0 aromatic heterocycles. The maximum atomic E-state index is 5.17. The van der Waals surface area contributed by atoms with Gasteiger partial charge in [0.1, 0.15) is 6.61 Å². The Kier molecular flexibility index (Phi) is 6.21. The molecule has 0 aromatic carbocycles. The summed E-state index contributed by atoms with van der Waals surface area (Å²) in [4.78, 5) is 0. The highest BCUT2D eigenvalue weighted by Gasteiger charge is 1.98. The molecule has 1 aliphatic heterocycles. The van der Waals surface area contributed by atoms with Crippen molar-refractivity contribution in [2.45, 2.75) is 51.9 Å². The number of hydrogen-bond acceptors (Lipinski definition) is 1. The van der Waals surface area contributed by atoms with Gasteiger partial charge in [-0.05, 0) is 30.6 Å². The van der Waals surface area contributed by atoms with Gasteiger partial charge in [0.15, 0.2) is 0 Å². The quantitative estimate of drug-likeness (QED) is 0.555. The lowest BCUT2D eigenvalue weighted by Crippen LogP contribution is -1.92. The fourth-order valence-electron chi connectivity index (χ4n) is 1.64. The number of hydrogen-bond donors (Lipinski definition) is 0. The van der Waals surface area contributed by atoms with Crippen LogP contribution < -0.4 is 0 Å². The molecule has 1 heterocycles. The minimum atomic E-state index is 0.625. The molecule has 0 aliphatic carbocycles. The minimum Gasteiger partial charge on any atom is -0.496 e. The van der Waals surface area contributed by atoms with E-state index >= 15 is 0 Å². The summed E-state index contributed by atoms with van der Waals surface area (Å²) < 4.78 is 5.17. The molecule has 1 nitrogen and oxygen atoms in total. The van der Waals surface area contributed by atoms with Gasteiger partial charge in [0, 0.05) is 0 Å². The average Bonchev–Trinajstić information content (AvgIpc) is 2.25. The van der Waals surface area contributed by atoms with Crippen LogP contribution >= 0.6 is 0 Å². The van der Waals surface area contributed by atoms with Crippen molar-refractivity contribution in [2.24, 2.45) is 0 Å². The number of ether oxygens (including phenoxy) is 1. The van der Waals surface area contributed by atoms with Crippen molar-refractivity contribution in [3.8, 4) is 0 Å². The summed E-state index contributed by atoms with van der Waals surface area (Å²) in [6.07, 6.45) is 16.3. The first-order valence-corrected chi connectivity index (χ1v) is 5.80. The van der Waals surface area contributed by atoms with Gasteiger partial charge in [0.05, 0.1) is 6.26 Å². The van der Waals surface area contributed by atoms with E-state index in [1.807, 2.05) is 6.26 Å². The van der Waals surface area contributed by atoms with E-state index in [-0.39, 0.29) is 0 Å². The van der Waals surface area contributed by atoms with Crippen LogP contribution in [0.4, 0.5) is 0 Å². The standard InChI is InChI=1S/C13H21O/c1-2-3-4-5-6-7-9-13-10-8-11-14-12-13/h10,12H,2-7,9,11H2,1H3. The molecule has 0 amide bonds. The molecule has 1 rings (SSSR count). The van der Waals surface area contributed by atoms with Crippen LogP contribution in [0.25, 0.3) is 0 Å². The Morgan fingerprint density at radius 2 is 2.00 bits per heavy atom. The van der Waals surface area contributed by atoms with Gasteiger partial charge < -0.3 is 4.74 Å². The molecular weight excluding hydrogens is 172 g/mol. The third-order valence-electron chi connectivity index (χ3n) is 2.51. The SMILES string of the molecule is CCCCCCCCC1=COC[C]=C1. The molecule has 0 spiro atoms. The third kappa shape index (κ3) is 5.11. The van der Waals surface area contributed by atoms with Gasteiger partial charge in [-0.3, -0.25) is 0 Å². The van der Waals surface area contributed by atoms with E-state index in [9.17, 15) is 0 Å². The summed E-state index contributed by atoms with van der Waals surface area (Å²) in [5.74, 6) is 0. The normalized spacial score (nSPS) is 15.1. The van der Waals surface area contributed by atoms with Crippen molar-refractivity contribution in [1.29, 1.82) is 0 Å². The molecule has 0 N–H and O–H groups in total. The van der Waals surface area contributed by atoms with E-state index in [4.69, 9.17) is 4.74 Å². The van der Waals surface area contributed by atoms with Crippen LogP contribution in [0.15, 0.2) is 17.9 Å². The molecule has 0 saturated heterocycles. The Morgan fingerprint density at radius 1 is 1.21 bits per heavy atom. The zero-order valence-corrected chi connectivity index (χ0v) is 9.22. The molecule has 1 aliphatic rings. The van der Waals surface area contributed by atoms with Gasteiger partial charge in [-0.2, -0.15) is 0 Å². The highest BCUT2D eigenvalue weighted by molar-refractivity contribution is 5.16. The monoisotopic (exact) mass is 193 g/mol. The lowest BCUT2D eigenvalue weighted by molar-refractivity contribution is 0.275. The molecule has 0 unspecified atom stereocenters. The average molecular weight is 193 g/mol. The van der Waals surface area contributed by atoms with Crippen molar-refractivity contribution >= 4 is 0 Å². The molecule has 0 bridgehead atoms. The lowest BCUT2D eigenvalue weighted by Gasteiger charge is -2.07. The summed E-state index contributed by atoms with van der Waals surface area (Å²) in [5.41, 5.74) is 1.30. The molecule has 79 valence electrons. The second-order valence-electron chi connectivity index (χ2n) is 3.87. The zero-order chi connectivity index (χ0) is 10.1. The first kappa shape index (κ1) is 11.4. The Morgan fingerprint density at radius 3 is 2.71 bits per heavy atom. The van der Waals surface area contributed by atoms with Gasteiger partial charge in [-0.15, -0.1) is 0 Å². The summed E-state index contributed by atoms with van der Waals surface area (Å²) in [5, 5.41) is 0. The molecule has 0 saturated carbocycles. The van der Waals surface area contributed by atoms with Crippen molar-refractivity contribution in [3.63, 3.8) is 0 Å². The van der Waals surface area contributed by atoms with E-state index in [1.165, 1.54) is 44.1 Å². The van der Waals surface area contributed by atoms with Gasteiger partial charge in [-0.1, -0.05) is 39.0 Å². The molecule has 1 radical (unpaired) electrons. The maximum Gasteiger partial charge on any atom is 0.113 e. The van der Waals surface area contributed by atoms with Crippen LogP contribution in [0.2, 0.25) is 0 Å². The van der Waals surface area contributed by atoms with Crippen molar-refractivity contribution in [2.75, 3.05) is 6.61 Å². The van der Waals surface area contributed by atoms with Crippen molar-refractivity contribution in [3.05, 3.63) is 24.0 Å². The van der Waals surface area contributed by atoms with Crippen LogP contribution in [0, 0.1) is 6.08 Å². The largest absolute Gasteiger partial charge is 0.496 e. The first-order chi connectivity index (χ1) is 6.93. The summed E-state index contributed by atoms with van der Waals surface area (Å²) in [6, 6.07) is 0. The lowest BCUT2D eigenvalue weighted by atomic mass is 10.1. The van der Waals surface area contributed by atoms with E-state index in [2.05, 4.69) is 19.1 Å².